The Hall–Kier alpha value is -0.410. The molecule has 17 heavy (non-hydrogen) atoms. The van der Waals surface area contributed by atoms with Gasteiger partial charge in [0.05, 0.1) is 6.10 Å². The largest absolute Gasteiger partial charge is 0.388 e. The van der Waals surface area contributed by atoms with Crippen molar-refractivity contribution in [3.8, 4) is 0 Å². The Bertz CT molecular complexity index is 403. The van der Waals surface area contributed by atoms with Crippen molar-refractivity contribution in [2.75, 3.05) is 6.26 Å². The van der Waals surface area contributed by atoms with Crippen LogP contribution in [0, 0.1) is 0 Å². The lowest BCUT2D eigenvalue weighted by Crippen LogP contribution is -2.38. The predicted octanol–water partition coefficient (Wildman–Crippen LogP) is 3.14. The van der Waals surface area contributed by atoms with Gasteiger partial charge in [-0.25, -0.2) is 0 Å². The number of hydrogen-bond acceptors (Lipinski definition) is 2. The van der Waals surface area contributed by atoms with Crippen LogP contribution in [0.4, 0.5) is 0 Å². The van der Waals surface area contributed by atoms with Gasteiger partial charge in [-0.15, -0.1) is 0 Å². The van der Waals surface area contributed by atoms with E-state index in [0.717, 1.165) is 25.8 Å². The molecule has 0 bridgehead atoms. The van der Waals surface area contributed by atoms with Crippen molar-refractivity contribution in [3.63, 3.8) is 0 Å². The lowest BCUT2D eigenvalue weighted by Gasteiger charge is -2.41. The molecular weight excluding hydrogens is 230 g/mol. The molecule has 2 nitrogen and oxygen atoms in total. The van der Waals surface area contributed by atoms with Crippen LogP contribution in [-0.4, -0.2) is 20.7 Å². The SMILES string of the molecule is CSC1(Cn2ccc3c2CCCC3O)CCC1. The second kappa shape index (κ2) is 4.36. The van der Waals surface area contributed by atoms with Gasteiger partial charge < -0.3 is 9.67 Å². The van der Waals surface area contributed by atoms with Gasteiger partial charge in [0.1, 0.15) is 0 Å². The van der Waals surface area contributed by atoms with Crippen molar-refractivity contribution in [1.29, 1.82) is 0 Å². The van der Waals surface area contributed by atoms with E-state index in [1.807, 2.05) is 11.8 Å². The van der Waals surface area contributed by atoms with Crippen molar-refractivity contribution in [2.45, 2.75) is 55.9 Å². The topological polar surface area (TPSA) is 25.2 Å². The van der Waals surface area contributed by atoms with Gasteiger partial charge in [0.2, 0.25) is 0 Å². The van der Waals surface area contributed by atoms with Gasteiger partial charge in [0.15, 0.2) is 0 Å². The van der Waals surface area contributed by atoms with E-state index >= 15 is 0 Å². The molecular formula is C14H21NOS. The Morgan fingerprint density at radius 2 is 2.29 bits per heavy atom. The molecule has 94 valence electrons. The monoisotopic (exact) mass is 251 g/mol. The molecule has 1 fully saturated rings. The van der Waals surface area contributed by atoms with Crippen LogP contribution in [-0.2, 0) is 13.0 Å². The first-order valence-corrected chi connectivity index (χ1v) is 7.88. The number of nitrogens with zero attached hydrogens (tertiary/aromatic N) is 1. The number of thioether (sulfide) groups is 1. The minimum absolute atomic E-state index is 0.216. The first-order valence-electron chi connectivity index (χ1n) is 6.65. The molecule has 2 aliphatic carbocycles. The van der Waals surface area contributed by atoms with Crippen molar-refractivity contribution in [2.24, 2.45) is 0 Å². The fraction of sp³-hybridized carbons (Fsp3) is 0.714. The predicted molar refractivity (Wildman–Crippen MR) is 72.4 cm³/mol. The maximum Gasteiger partial charge on any atom is 0.0807 e. The summed E-state index contributed by atoms with van der Waals surface area (Å²) in [7, 11) is 0. The minimum Gasteiger partial charge on any atom is -0.388 e. The molecule has 0 spiro atoms. The molecule has 0 aromatic carbocycles. The van der Waals surface area contributed by atoms with E-state index in [1.165, 1.54) is 30.5 Å². The summed E-state index contributed by atoms with van der Waals surface area (Å²) in [6.45, 7) is 1.14. The standard InChI is InChI=1S/C14H21NOS/c1-17-14(7-3-8-14)10-15-9-6-11-12(15)4-2-5-13(11)16/h6,9,13,16H,2-5,7-8,10H2,1H3. The molecule has 2 aliphatic rings. The first kappa shape index (κ1) is 11.7. The van der Waals surface area contributed by atoms with Crippen LogP contribution in [0.5, 0.6) is 0 Å². The van der Waals surface area contributed by atoms with Gasteiger partial charge in [-0.1, -0.05) is 6.42 Å². The fourth-order valence-electron chi connectivity index (χ4n) is 3.19. The maximum atomic E-state index is 9.98. The highest BCUT2D eigenvalue weighted by Crippen LogP contribution is 2.45. The molecule has 1 aromatic rings. The van der Waals surface area contributed by atoms with Crippen molar-refractivity contribution in [3.05, 3.63) is 23.5 Å². The second-order valence-corrected chi connectivity index (χ2v) is 6.77. The normalized spacial score (nSPS) is 26.4. The number of aromatic nitrogens is 1. The van der Waals surface area contributed by atoms with Crippen molar-refractivity contribution >= 4 is 11.8 Å². The van der Waals surface area contributed by atoms with Gasteiger partial charge in [-0.2, -0.15) is 11.8 Å². The van der Waals surface area contributed by atoms with E-state index in [0.29, 0.717) is 4.75 Å². The molecule has 1 saturated carbocycles. The van der Waals surface area contributed by atoms with Gasteiger partial charge in [-0.05, 0) is 44.4 Å². The van der Waals surface area contributed by atoms with Crippen LogP contribution >= 0.6 is 11.8 Å². The highest BCUT2D eigenvalue weighted by atomic mass is 32.2. The summed E-state index contributed by atoms with van der Waals surface area (Å²) in [4.78, 5) is 0. The van der Waals surface area contributed by atoms with Gasteiger partial charge in [-0.3, -0.25) is 0 Å². The Kier molecular flexibility index (Phi) is 2.99. The highest BCUT2D eigenvalue weighted by Gasteiger charge is 2.37. The molecule has 1 aromatic heterocycles. The highest BCUT2D eigenvalue weighted by molar-refractivity contribution is 8.00. The molecule has 1 N–H and O–H groups in total. The van der Waals surface area contributed by atoms with Crippen LogP contribution in [0.2, 0.25) is 0 Å². The third-order valence-electron chi connectivity index (χ3n) is 4.52. The smallest absolute Gasteiger partial charge is 0.0807 e. The summed E-state index contributed by atoms with van der Waals surface area (Å²) in [6.07, 6.45) is 11.5. The van der Waals surface area contributed by atoms with Gasteiger partial charge in [0, 0.05) is 28.7 Å². The van der Waals surface area contributed by atoms with Crippen molar-refractivity contribution < 1.29 is 5.11 Å². The third-order valence-corrected chi connectivity index (χ3v) is 5.92. The number of aliphatic hydroxyl groups excluding tert-OH is 1. The zero-order valence-electron chi connectivity index (χ0n) is 10.5. The average molecular weight is 251 g/mol. The van der Waals surface area contributed by atoms with Crippen LogP contribution in [0.15, 0.2) is 12.3 Å². The van der Waals surface area contributed by atoms with Crippen molar-refractivity contribution in [1.82, 2.24) is 4.57 Å². The molecule has 3 rings (SSSR count). The zero-order valence-corrected chi connectivity index (χ0v) is 11.3. The first-order chi connectivity index (χ1) is 8.24. The maximum absolute atomic E-state index is 9.98. The molecule has 0 saturated heterocycles. The van der Waals surface area contributed by atoms with E-state index in [4.69, 9.17) is 0 Å². The second-order valence-electron chi connectivity index (χ2n) is 5.49. The van der Waals surface area contributed by atoms with E-state index < -0.39 is 0 Å². The molecule has 1 unspecified atom stereocenters. The molecule has 0 amide bonds. The van der Waals surface area contributed by atoms with Crippen LogP contribution in [0.1, 0.15) is 49.5 Å². The third kappa shape index (κ3) is 1.93. The van der Waals surface area contributed by atoms with E-state index in [9.17, 15) is 5.11 Å². The summed E-state index contributed by atoms with van der Waals surface area (Å²) >= 11 is 2.03. The van der Waals surface area contributed by atoms with Gasteiger partial charge >= 0.3 is 0 Å². The lowest BCUT2D eigenvalue weighted by molar-refractivity contribution is 0.155. The molecule has 0 radical (unpaired) electrons. The molecule has 1 heterocycles. The summed E-state index contributed by atoms with van der Waals surface area (Å²) in [6, 6.07) is 2.13. The average Bonchev–Trinajstić information content (AvgIpc) is 2.68. The molecule has 3 heteroatoms. The quantitative estimate of drug-likeness (QED) is 0.893. The van der Waals surface area contributed by atoms with Crippen LogP contribution in [0.3, 0.4) is 0 Å². The summed E-state index contributed by atoms with van der Waals surface area (Å²) < 4.78 is 2.89. The summed E-state index contributed by atoms with van der Waals surface area (Å²) in [5, 5.41) is 9.98. The van der Waals surface area contributed by atoms with E-state index in [1.54, 1.807) is 0 Å². The zero-order chi connectivity index (χ0) is 11.9. The van der Waals surface area contributed by atoms with E-state index in [2.05, 4.69) is 23.1 Å². The number of aliphatic hydroxyl groups is 1. The lowest BCUT2D eigenvalue weighted by atomic mass is 9.84. The minimum atomic E-state index is -0.216. The Morgan fingerprint density at radius 1 is 1.47 bits per heavy atom. The Morgan fingerprint density at radius 3 is 2.94 bits per heavy atom. The Balaban J connectivity index is 1.84. The van der Waals surface area contributed by atoms with Gasteiger partial charge in [0.25, 0.3) is 0 Å². The van der Waals surface area contributed by atoms with Crippen LogP contribution in [0.25, 0.3) is 0 Å². The fourth-order valence-corrected chi connectivity index (χ4v) is 4.15. The molecule has 1 atom stereocenters. The van der Waals surface area contributed by atoms with E-state index in [-0.39, 0.29) is 6.10 Å². The Labute approximate surface area is 107 Å². The number of fused-ring (bicyclic) bond motifs is 1. The van der Waals surface area contributed by atoms with Crippen LogP contribution < -0.4 is 0 Å². The number of hydrogen-bond donors (Lipinski definition) is 1. The number of rotatable bonds is 3. The summed E-state index contributed by atoms with van der Waals surface area (Å²) in [5.41, 5.74) is 2.58. The molecule has 0 aliphatic heterocycles. The summed E-state index contributed by atoms with van der Waals surface area (Å²) in [5.74, 6) is 0.